The van der Waals surface area contributed by atoms with Crippen LogP contribution in [-0.2, 0) is 11.2 Å². The number of carbonyl (C=O) groups excluding carboxylic acids is 2. The van der Waals surface area contributed by atoms with Gasteiger partial charge in [-0.2, -0.15) is 0 Å². The van der Waals surface area contributed by atoms with Gasteiger partial charge in [-0.1, -0.05) is 11.1 Å². The number of rotatable bonds is 8. The zero-order chi connectivity index (χ0) is 28.6. The number of primary amides is 1. The van der Waals surface area contributed by atoms with Gasteiger partial charge in [-0.3, -0.25) is 19.9 Å². The number of hydrogen-bond acceptors (Lipinski definition) is 7. The third kappa shape index (κ3) is 5.13. The largest absolute Gasteiger partial charge is 0.493 e. The van der Waals surface area contributed by atoms with Crippen LogP contribution in [0, 0.1) is 12.7 Å². The predicted molar refractivity (Wildman–Crippen MR) is 151 cm³/mol. The van der Waals surface area contributed by atoms with Crippen LogP contribution in [0.3, 0.4) is 0 Å². The highest BCUT2D eigenvalue weighted by molar-refractivity contribution is 6.01. The summed E-state index contributed by atoms with van der Waals surface area (Å²) < 4.78 is 20.1. The van der Waals surface area contributed by atoms with E-state index in [4.69, 9.17) is 15.5 Å². The van der Waals surface area contributed by atoms with Crippen LogP contribution < -0.4 is 31.0 Å². The first-order valence-corrected chi connectivity index (χ1v) is 12.9. The van der Waals surface area contributed by atoms with Crippen molar-refractivity contribution >= 4 is 51.7 Å². The van der Waals surface area contributed by atoms with Crippen LogP contribution in [0.2, 0.25) is 0 Å². The van der Waals surface area contributed by atoms with Crippen molar-refractivity contribution in [3.8, 4) is 5.75 Å². The zero-order valence-electron chi connectivity index (χ0n) is 22.8. The molecule has 0 unspecified atom stereocenters. The maximum Gasteiger partial charge on any atom is 0.351 e. The van der Waals surface area contributed by atoms with Gasteiger partial charge in [-0.05, 0) is 63.2 Å². The Morgan fingerprint density at radius 1 is 1.25 bits per heavy atom. The van der Waals surface area contributed by atoms with E-state index in [1.54, 1.807) is 18.1 Å². The summed E-state index contributed by atoms with van der Waals surface area (Å²) in [5.41, 5.74) is 9.38. The number of ether oxygens (including phenoxy) is 1. The Morgan fingerprint density at radius 3 is 2.77 bits per heavy atom. The standard InChI is InChI=1S/C28H31FN8O3/c1-15-13-31-26-23(15)27(32-18-9-5-8-17(29)24(18)25(30)39)35-28(34-26)33-19-12-20-16(11-21(19)40-4)7-6-10-37(20)22(38)14-36(2)3/h5,8-9,11-13H,6-7,10,14H2,1-4H3,(H2,30,39)(H3,31,32,33,34,35)/p+1. The minimum absolute atomic E-state index is 0.0156. The first-order valence-electron chi connectivity index (χ1n) is 12.9. The number of nitrogens with one attached hydrogen (secondary N) is 4. The molecule has 6 N–H and O–H groups in total. The molecular formula is C28H32FN8O3+. The third-order valence-corrected chi connectivity index (χ3v) is 6.82. The van der Waals surface area contributed by atoms with Gasteiger partial charge in [0.05, 0.1) is 30.6 Å². The summed E-state index contributed by atoms with van der Waals surface area (Å²) in [6.07, 6.45) is 3.51. The van der Waals surface area contributed by atoms with Crippen LogP contribution in [0.5, 0.6) is 5.75 Å². The molecule has 0 atom stereocenters. The van der Waals surface area contributed by atoms with Gasteiger partial charge in [0.1, 0.15) is 16.9 Å². The van der Waals surface area contributed by atoms with Crippen LogP contribution in [0.4, 0.5) is 33.2 Å². The summed E-state index contributed by atoms with van der Waals surface area (Å²) in [6, 6.07) is 8.06. The highest BCUT2D eigenvalue weighted by Gasteiger charge is 2.27. The molecule has 2 amide bonds. The fraction of sp³-hybridized carbons (Fsp3) is 0.286. The van der Waals surface area contributed by atoms with Crippen molar-refractivity contribution in [2.45, 2.75) is 19.8 Å². The first kappa shape index (κ1) is 26.9. The number of H-pyrrole nitrogens is 2. The number of carbonyl (C=O) groups is 2. The summed E-state index contributed by atoms with van der Waals surface area (Å²) in [6.45, 7) is 2.83. The van der Waals surface area contributed by atoms with Crippen LogP contribution in [-0.4, -0.2) is 61.0 Å². The molecule has 0 aliphatic carbocycles. The average Bonchev–Trinajstić information content (AvgIpc) is 3.28. The van der Waals surface area contributed by atoms with Gasteiger partial charge < -0.3 is 25.6 Å². The van der Waals surface area contributed by atoms with Crippen molar-refractivity contribution < 1.29 is 23.7 Å². The van der Waals surface area contributed by atoms with E-state index in [0.717, 1.165) is 35.0 Å². The normalized spacial score (nSPS) is 12.9. The van der Waals surface area contributed by atoms with Crippen LogP contribution in [0.25, 0.3) is 11.0 Å². The fourth-order valence-electron chi connectivity index (χ4n) is 5.01. The van der Waals surface area contributed by atoms with Gasteiger partial charge in [-0.25, -0.2) is 9.37 Å². The van der Waals surface area contributed by atoms with E-state index in [9.17, 15) is 14.0 Å². The Bertz CT molecular complexity index is 1620. The zero-order valence-corrected chi connectivity index (χ0v) is 22.8. The maximum absolute atomic E-state index is 14.5. The van der Waals surface area contributed by atoms with Gasteiger partial charge in [0.2, 0.25) is 17.4 Å². The predicted octanol–water partition coefficient (Wildman–Crippen LogP) is 3.26. The second-order valence-electron chi connectivity index (χ2n) is 10.0. The summed E-state index contributed by atoms with van der Waals surface area (Å²) in [5, 5.41) is 7.10. The summed E-state index contributed by atoms with van der Waals surface area (Å²) in [5.74, 6) is -0.295. The number of nitrogens with two attached hydrogens (primary N) is 1. The summed E-state index contributed by atoms with van der Waals surface area (Å²) in [4.78, 5) is 39.8. The Morgan fingerprint density at radius 2 is 2.05 bits per heavy atom. The van der Waals surface area contributed by atoms with E-state index in [1.807, 2.05) is 44.2 Å². The molecule has 0 radical (unpaired) electrons. The Labute approximate surface area is 230 Å². The average molecular weight is 548 g/mol. The number of benzene rings is 2. The molecule has 11 nitrogen and oxygen atoms in total. The van der Waals surface area contributed by atoms with E-state index < -0.39 is 11.7 Å². The van der Waals surface area contributed by atoms with Crippen molar-refractivity contribution in [2.75, 3.05) is 49.8 Å². The minimum atomic E-state index is -0.893. The van der Waals surface area contributed by atoms with E-state index in [-0.39, 0.29) is 17.2 Å². The second-order valence-corrected chi connectivity index (χ2v) is 10.0. The van der Waals surface area contributed by atoms with Gasteiger partial charge in [0.25, 0.3) is 5.91 Å². The molecule has 12 heteroatoms. The minimum Gasteiger partial charge on any atom is -0.493 e. The van der Waals surface area contributed by atoms with Crippen molar-refractivity contribution in [1.82, 2.24) is 14.9 Å². The molecule has 0 saturated carbocycles. The number of anilines is 5. The topological polar surface area (TPSA) is 143 Å². The van der Waals surface area contributed by atoms with Crippen molar-refractivity contribution in [3.63, 3.8) is 0 Å². The lowest BCUT2D eigenvalue weighted by molar-refractivity contribution is -0.333. The molecule has 2 aromatic carbocycles. The lowest BCUT2D eigenvalue weighted by atomic mass is 10.00. The smallest absolute Gasteiger partial charge is 0.351 e. The molecule has 1 aliphatic rings. The van der Waals surface area contributed by atoms with Gasteiger partial charge in [-0.15, -0.1) is 0 Å². The van der Waals surface area contributed by atoms with Crippen LogP contribution >= 0.6 is 0 Å². The van der Waals surface area contributed by atoms with E-state index in [2.05, 4.69) is 20.6 Å². The molecule has 5 rings (SSSR count). The quantitative estimate of drug-likeness (QED) is 0.265. The number of methoxy groups -OCH3 is 1. The van der Waals surface area contributed by atoms with E-state index >= 15 is 0 Å². The molecule has 3 heterocycles. The number of aromatic amines is 2. The Hall–Kier alpha value is -4.71. The highest BCUT2D eigenvalue weighted by Crippen LogP contribution is 2.38. The van der Waals surface area contributed by atoms with Gasteiger partial charge in [0.15, 0.2) is 5.75 Å². The van der Waals surface area contributed by atoms with Crippen LogP contribution in [0.15, 0.2) is 36.5 Å². The fourth-order valence-corrected chi connectivity index (χ4v) is 5.01. The summed E-state index contributed by atoms with van der Waals surface area (Å²) in [7, 11) is 5.32. The molecular weight excluding hydrogens is 515 g/mol. The third-order valence-electron chi connectivity index (χ3n) is 6.82. The van der Waals surface area contributed by atoms with Gasteiger partial charge >= 0.3 is 5.95 Å². The molecule has 4 aromatic rings. The van der Waals surface area contributed by atoms with E-state index in [0.29, 0.717) is 41.9 Å². The van der Waals surface area contributed by atoms with Crippen LogP contribution in [0.1, 0.15) is 27.9 Å². The number of aromatic nitrogens is 3. The number of likely N-dealkylation sites (N-methyl/N-ethyl adjacent to an activating group) is 1. The van der Waals surface area contributed by atoms with E-state index in [1.165, 1.54) is 12.1 Å². The monoisotopic (exact) mass is 547 g/mol. The number of amides is 2. The number of nitrogens with zero attached hydrogens (tertiary/aromatic N) is 3. The van der Waals surface area contributed by atoms with Crippen molar-refractivity contribution in [1.29, 1.82) is 0 Å². The number of aryl methyl sites for hydroxylation is 2. The molecule has 2 aromatic heterocycles. The van der Waals surface area contributed by atoms with Crippen molar-refractivity contribution in [2.24, 2.45) is 5.73 Å². The molecule has 1 aliphatic heterocycles. The molecule has 0 saturated heterocycles. The number of hydrogen-bond donors (Lipinski definition) is 4. The maximum atomic E-state index is 14.5. The summed E-state index contributed by atoms with van der Waals surface area (Å²) >= 11 is 0. The number of fused-ring (bicyclic) bond motifs is 2. The molecule has 208 valence electrons. The van der Waals surface area contributed by atoms with Gasteiger partial charge in [0, 0.05) is 18.8 Å². The lowest BCUT2D eigenvalue weighted by Gasteiger charge is -2.31. The molecule has 40 heavy (non-hydrogen) atoms. The molecule has 0 fully saturated rings. The highest BCUT2D eigenvalue weighted by atomic mass is 19.1. The van der Waals surface area contributed by atoms with Crippen molar-refractivity contribution in [3.05, 3.63) is 59.0 Å². The SMILES string of the molecule is COc1cc2c(cc1Nc1nc(Nc3cccc(F)c3C(N)=O)c3c(C)c[nH]c3[nH+]1)N(C(=O)CN(C)C)CCC2. The lowest BCUT2D eigenvalue weighted by Crippen LogP contribution is -2.40. The molecule has 0 spiro atoms. The molecule has 0 bridgehead atoms. The second kappa shape index (κ2) is 10.8. The first-order chi connectivity index (χ1) is 19.2. The Balaban J connectivity index is 1.56. The Kier molecular flexibility index (Phi) is 7.26. The number of halogens is 1.